The normalized spacial score (nSPS) is 10.9. The quantitative estimate of drug-likeness (QED) is 0.592. The number of benzene rings is 2. The van der Waals surface area contributed by atoms with Crippen LogP contribution in [-0.4, -0.2) is 14.6 Å². The summed E-state index contributed by atoms with van der Waals surface area (Å²) >= 11 is 6.02. The lowest BCUT2D eigenvalue weighted by Crippen LogP contribution is -2.35. The molecule has 2 N–H and O–H groups in total. The summed E-state index contributed by atoms with van der Waals surface area (Å²) in [5.74, 6) is 0.937. The Labute approximate surface area is 160 Å². The molecule has 0 spiro atoms. The van der Waals surface area contributed by atoms with Gasteiger partial charge in [-0.2, -0.15) is 5.43 Å². The number of rotatable bonds is 3. The lowest BCUT2D eigenvalue weighted by atomic mass is 10.2. The van der Waals surface area contributed by atoms with Crippen LogP contribution in [0.4, 0.5) is 5.95 Å². The second-order valence-corrected chi connectivity index (χ2v) is 6.69. The van der Waals surface area contributed by atoms with Gasteiger partial charge in [-0.15, -0.1) is 0 Å². The predicted octanol–water partition coefficient (Wildman–Crippen LogP) is 3.42. The molecule has 2 aromatic carbocycles. The smallest absolute Gasteiger partial charge is 0.238 e. The first-order chi connectivity index (χ1) is 13.0. The maximum atomic E-state index is 13.2. The van der Waals surface area contributed by atoms with Gasteiger partial charge in [0.15, 0.2) is 0 Å². The average molecular weight is 379 g/mol. The third kappa shape index (κ3) is 3.39. The van der Waals surface area contributed by atoms with Gasteiger partial charge in [-0.05, 0) is 56.3 Å². The fourth-order valence-electron chi connectivity index (χ4n) is 2.98. The molecule has 0 atom stereocenters. The summed E-state index contributed by atoms with van der Waals surface area (Å²) < 4.78 is 1.43. The van der Waals surface area contributed by atoms with Crippen molar-refractivity contribution < 1.29 is 4.98 Å². The van der Waals surface area contributed by atoms with Crippen molar-refractivity contribution in [2.24, 2.45) is 0 Å². The molecule has 0 aliphatic carbocycles. The van der Waals surface area contributed by atoms with Gasteiger partial charge in [0.25, 0.3) is 5.95 Å². The van der Waals surface area contributed by atoms with E-state index in [1.54, 1.807) is 18.2 Å². The van der Waals surface area contributed by atoms with Crippen LogP contribution in [0.25, 0.3) is 22.3 Å². The van der Waals surface area contributed by atoms with Crippen LogP contribution in [0.5, 0.6) is 0 Å². The van der Waals surface area contributed by atoms with Gasteiger partial charge < -0.3 is 0 Å². The zero-order chi connectivity index (χ0) is 19.0. The minimum absolute atomic E-state index is 0.197. The molecule has 2 aromatic heterocycles. The molecule has 4 aromatic rings. The van der Waals surface area contributed by atoms with Crippen molar-refractivity contribution in [3.63, 3.8) is 0 Å². The van der Waals surface area contributed by atoms with Crippen molar-refractivity contribution >= 4 is 28.5 Å². The van der Waals surface area contributed by atoms with Crippen LogP contribution < -0.4 is 16.0 Å². The van der Waals surface area contributed by atoms with Crippen molar-refractivity contribution in [3.05, 3.63) is 81.4 Å². The lowest BCUT2D eigenvalue weighted by molar-refractivity contribution is -0.337. The van der Waals surface area contributed by atoms with Crippen LogP contribution in [0.1, 0.15) is 11.4 Å². The van der Waals surface area contributed by atoms with Crippen LogP contribution in [0.15, 0.2) is 59.4 Å². The first kappa shape index (κ1) is 17.2. The van der Waals surface area contributed by atoms with Gasteiger partial charge in [-0.25, -0.2) is 19.7 Å². The number of fused-ring (bicyclic) bond motifs is 1. The Hall–Kier alpha value is -3.25. The van der Waals surface area contributed by atoms with Crippen molar-refractivity contribution in [2.45, 2.75) is 13.8 Å². The van der Waals surface area contributed by atoms with Crippen molar-refractivity contribution in [1.29, 1.82) is 0 Å². The van der Waals surface area contributed by atoms with Crippen LogP contribution in [0.2, 0.25) is 5.02 Å². The number of para-hydroxylation sites is 1. The van der Waals surface area contributed by atoms with Crippen molar-refractivity contribution in [3.8, 4) is 11.4 Å². The SMILES string of the molecule is Cc1cc(C)nc(Nn2c(-c3ccc(Cl)cc3)[nH+]c3ccccc3c2=O)n1. The zero-order valence-electron chi connectivity index (χ0n) is 14.8. The van der Waals surface area contributed by atoms with Crippen molar-refractivity contribution in [1.82, 2.24) is 14.6 Å². The van der Waals surface area contributed by atoms with Crippen LogP contribution >= 0.6 is 11.6 Å². The first-order valence-electron chi connectivity index (χ1n) is 8.43. The monoisotopic (exact) mass is 378 g/mol. The molecule has 0 bridgehead atoms. The summed E-state index contributed by atoms with van der Waals surface area (Å²) in [6.07, 6.45) is 0. The first-order valence-corrected chi connectivity index (χ1v) is 8.81. The molecule has 0 saturated heterocycles. The highest BCUT2D eigenvalue weighted by Gasteiger charge is 2.21. The van der Waals surface area contributed by atoms with E-state index in [2.05, 4.69) is 20.4 Å². The number of aromatic nitrogens is 4. The molecule has 7 heteroatoms. The van der Waals surface area contributed by atoms with Crippen LogP contribution in [-0.2, 0) is 0 Å². The summed E-state index contributed by atoms with van der Waals surface area (Å²) in [6, 6.07) is 16.5. The predicted molar refractivity (Wildman–Crippen MR) is 106 cm³/mol. The van der Waals surface area contributed by atoms with E-state index in [9.17, 15) is 4.79 Å². The fourth-order valence-corrected chi connectivity index (χ4v) is 3.10. The third-order valence-electron chi connectivity index (χ3n) is 4.15. The number of nitrogens with one attached hydrogen (secondary N) is 2. The number of hydrogen-bond donors (Lipinski definition) is 1. The molecule has 4 rings (SSSR count). The number of hydrogen-bond acceptors (Lipinski definition) is 4. The van der Waals surface area contributed by atoms with Gasteiger partial charge in [-0.3, -0.25) is 0 Å². The molecule has 2 heterocycles. The molecular weight excluding hydrogens is 362 g/mol. The van der Waals surface area contributed by atoms with Crippen molar-refractivity contribution in [2.75, 3.05) is 5.43 Å². The maximum Gasteiger partial charge on any atom is 0.369 e. The van der Waals surface area contributed by atoms with Gasteiger partial charge in [0, 0.05) is 16.4 Å². The Kier molecular flexibility index (Phi) is 4.33. The highest BCUT2D eigenvalue weighted by molar-refractivity contribution is 6.30. The Morgan fingerprint density at radius 3 is 2.37 bits per heavy atom. The molecule has 27 heavy (non-hydrogen) atoms. The van der Waals surface area contributed by atoms with E-state index in [0.717, 1.165) is 22.5 Å². The van der Waals surface area contributed by atoms with E-state index in [4.69, 9.17) is 11.6 Å². The van der Waals surface area contributed by atoms with E-state index < -0.39 is 0 Å². The van der Waals surface area contributed by atoms with Gasteiger partial charge in [0.1, 0.15) is 10.9 Å². The van der Waals surface area contributed by atoms with Gasteiger partial charge >= 0.3 is 11.4 Å². The molecular formula is C20H17ClN5O+. The molecule has 0 radical (unpaired) electrons. The Morgan fingerprint density at radius 2 is 1.67 bits per heavy atom. The number of aromatic amines is 1. The summed E-state index contributed by atoms with van der Waals surface area (Å²) in [4.78, 5) is 25.3. The maximum absolute atomic E-state index is 13.2. The molecule has 0 aliphatic heterocycles. The standard InChI is InChI=1S/C20H16ClN5O/c1-12-11-13(2)23-20(22-12)25-26-18(14-7-9-15(21)10-8-14)24-17-6-4-3-5-16(17)19(26)27/h3-11H,1-2H3,(H,22,23,25)/p+1. The average Bonchev–Trinajstić information content (AvgIpc) is 2.64. The van der Waals surface area contributed by atoms with E-state index in [1.165, 1.54) is 4.68 Å². The molecule has 0 saturated carbocycles. The van der Waals surface area contributed by atoms with Gasteiger partial charge in [0.05, 0.1) is 5.56 Å². The van der Waals surface area contributed by atoms with Gasteiger partial charge in [-0.1, -0.05) is 28.4 Å². The van der Waals surface area contributed by atoms with E-state index in [-0.39, 0.29) is 5.56 Å². The Morgan fingerprint density at radius 1 is 1.00 bits per heavy atom. The Balaban J connectivity index is 1.96. The number of H-pyrrole nitrogens is 1. The minimum Gasteiger partial charge on any atom is -0.238 e. The topological polar surface area (TPSA) is 74.0 Å². The molecule has 0 aliphatic rings. The highest BCUT2D eigenvalue weighted by Crippen LogP contribution is 2.18. The molecule has 0 fully saturated rings. The zero-order valence-corrected chi connectivity index (χ0v) is 15.6. The molecule has 0 unspecified atom stereocenters. The third-order valence-corrected chi connectivity index (χ3v) is 4.40. The molecule has 0 amide bonds. The van der Waals surface area contributed by atoms with Crippen LogP contribution in [0.3, 0.4) is 0 Å². The molecule has 134 valence electrons. The lowest BCUT2D eigenvalue weighted by Gasteiger charge is -2.09. The van der Waals surface area contributed by atoms with Gasteiger partial charge in [0.2, 0.25) is 0 Å². The minimum atomic E-state index is -0.197. The summed E-state index contributed by atoms with van der Waals surface area (Å²) in [7, 11) is 0. The molecule has 6 nitrogen and oxygen atoms in total. The van der Waals surface area contributed by atoms with E-state index >= 15 is 0 Å². The summed E-state index contributed by atoms with van der Waals surface area (Å²) in [5, 5.41) is 1.19. The number of aryl methyl sites for hydroxylation is 2. The number of anilines is 1. The number of halogens is 1. The van der Waals surface area contributed by atoms with E-state index in [0.29, 0.717) is 22.2 Å². The number of nitrogens with zero attached hydrogens (tertiary/aromatic N) is 3. The highest BCUT2D eigenvalue weighted by atomic mass is 35.5. The summed E-state index contributed by atoms with van der Waals surface area (Å²) in [6.45, 7) is 3.77. The second kappa shape index (κ2) is 6.81. The van der Waals surface area contributed by atoms with Crippen LogP contribution in [0, 0.1) is 13.8 Å². The second-order valence-electron chi connectivity index (χ2n) is 6.25. The summed E-state index contributed by atoms with van der Waals surface area (Å²) in [5.41, 5.74) is 6.03. The Bertz CT molecular complexity index is 1180. The largest absolute Gasteiger partial charge is 0.369 e. The van der Waals surface area contributed by atoms with E-state index in [1.807, 2.05) is 50.2 Å². The fraction of sp³-hybridized carbons (Fsp3) is 0.100.